The minimum Gasteiger partial charge on any atom is -0.477 e. The molecular weight excluding hydrogens is 220 g/mol. The molecule has 1 aromatic heterocycles. The van der Waals surface area contributed by atoms with Crippen LogP contribution in [0.15, 0.2) is 18.3 Å². The van der Waals surface area contributed by atoms with E-state index in [1.54, 1.807) is 6.07 Å². The van der Waals surface area contributed by atoms with Crippen LogP contribution in [0.25, 0.3) is 0 Å². The van der Waals surface area contributed by atoms with E-state index >= 15 is 0 Å². The summed E-state index contributed by atoms with van der Waals surface area (Å²) in [6.07, 6.45) is 1.84. The zero-order valence-corrected chi connectivity index (χ0v) is 9.96. The molecule has 17 heavy (non-hydrogen) atoms. The summed E-state index contributed by atoms with van der Waals surface area (Å²) in [6.45, 7) is 5.57. The normalized spacial score (nSPS) is 24.7. The molecular formula is C12H16N2O3. The van der Waals surface area contributed by atoms with E-state index < -0.39 is 5.97 Å². The molecule has 5 heteroatoms. The van der Waals surface area contributed by atoms with E-state index in [1.807, 2.05) is 19.9 Å². The van der Waals surface area contributed by atoms with Crippen molar-refractivity contribution in [2.45, 2.75) is 26.1 Å². The molecule has 1 aliphatic heterocycles. The van der Waals surface area contributed by atoms with Gasteiger partial charge in [0.1, 0.15) is 5.69 Å². The Morgan fingerprint density at radius 3 is 2.71 bits per heavy atom. The van der Waals surface area contributed by atoms with E-state index in [-0.39, 0.29) is 17.9 Å². The smallest absolute Gasteiger partial charge is 0.354 e. The van der Waals surface area contributed by atoms with Gasteiger partial charge in [-0.2, -0.15) is 0 Å². The van der Waals surface area contributed by atoms with Gasteiger partial charge in [0, 0.05) is 25.0 Å². The molecule has 2 unspecified atom stereocenters. The fourth-order valence-electron chi connectivity index (χ4n) is 2.12. The first-order valence-corrected chi connectivity index (χ1v) is 5.66. The predicted octanol–water partition coefficient (Wildman–Crippen LogP) is 1.39. The maximum absolute atomic E-state index is 10.9. The van der Waals surface area contributed by atoms with Crippen LogP contribution >= 0.6 is 0 Å². The van der Waals surface area contributed by atoms with E-state index in [0.29, 0.717) is 0 Å². The number of aromatic carboxylic acids is 1. The number of aromatic nitrogens is 1. The molecule has 5 nitrogen and oxygen atoms in total. The van der Waals surface area contributed by atoms with Gasteiger partial charge in [-0.05, 0) is 26.0 Å². The molecule has 0 aromatic carbocycles. The van der Waals surface area contributed by atoms with Crippen molar-refractivity contribution in [2.75, 3.05) is 18.0 Å². The average molecular weight is 236 g/mol. The van der Waals surface area contributed by atoms with Crippen molar-refractivity contribution in [1.29, 1.82) is 0 Å². The quantitative estimate of drug-likeness (QED) is 0.840. The molecule has 0 aliphatic carbocycles. The molecule has 1 N–H and O–H groups in total. The van der Waals surface area contributed by atoms with E-state index in [9.17, 15) is 4.79 Å². The Morgan fingerprint density at radius 2 is 2.12 bits per heavy atom. The van der Waals surface area contributed by atoms with E-state index in [0.717, 1.165) is 18.8 Å². The lowest BCUT2D eigenvalue weighted by atomic mass is 10.2. The Morgan fingerprint density at radius 1 is 1.47 bits per heavy atom. The number of hydrogen-bond donors (Lipinski definition) is 1. The van der Waals surface area contributed by atoms with E-state index in [1.165, 1.54) is 6.20 Å². The Labute approximate surface area is 100 Å². The van der Waals surface area contributed by atoms with Crippen LogP contribution in [0.5, 0.6) is 0 Å². The zero-order valence-electron chi connectivity index (χ0n) is 9.96. The number of morpholine rings is 1. The number of carboxylic acids is 1. The van der Waals surface area contributed by atoms with E-state index in [4.69, 9.17) is 9.84 Å². The van der Waals surface area contributed by atoms with Crippen molar-refractivity contribution in [3.63, 3.8) is 0 Å². The number of anilines is 1. The van der Waals surface area contributed by atoms with Gasteiger partial charge >= 0.3 is 5.97 Å². The molecule has 0 bridgehead atoms. The highest BCUT2D eigenvalue weighted by molar-refractivity contribution is 5.86. The first-order chi connectivity index (χ1) is 8.06. The van der Waals surface area contributed by atoms with Crippen LogP contribution in [0, 0.1) is 0 Å². The topological polar surface area (TPSA) is 62.7 Å². The highest BCUT2D eigenvalue weighted by Gasteiger charge is 2.22. The van der Waals surface area contributed by atoms with Crippen LogP contribution in [0.2, 0.25) is 0 Å². The Hall–Kier alpha value is -1.62. The molecule has 1 saturated heterocycles. The molecule has 2 atom stereocenters. The maximum atomic E-state index is 10.9. The molecule has 2 rings (SSSR count). The Kier molecular flexibility index (Phi) is 3.28. The van der Waals surface area contributed by atoms with Gasteiger partial charge < -0.3 is 14.7 Å². The third-order valence-corrected chi connectivity index (χ3v) is 2.75. The second-order valence-corrected chi connectivity index (χ2v) is 4.37. The summed E-state index contributed by atoms with van der Waals surface area (Å²) in [7, 11) is 0. The van der Waals surface area contributed by atoms with Gasteiger partial charge in [0.15, 0.2) is 0 Å². The summed E-state index contributed by atoms with van der Waals surface area (Å²) in [6, 6.07) is 3.43. The van der Waals surface area contributed by atoms with Crippen LogP contribution < -0.4 is 4.90 Å². The van der Waals surface area contributed by atoms with Crippen LogP contribution in [0.3, 0.4) is 0 Å². The van der Waals surface area contributed by atoms with Crippen LogP contribution in [-0.4, -0.2) is 41.4 Å². The van der Waals surface area contributed by atoms with Crippen molar-refractivity contribution in [1.82, 2.24) is 4.98 Å². The molecule has 0 amide bonds. The highest BCUT2D eigenvalue weighted by Crippen LogP contribution is 2.20. The molecule has 1 fully saturated rings. The summed E-state index contributed by atoms with van der Waals surface area (Å²) in [4.78, 5) is 16.8. The van der Waals surface area contributed by atoms with Crippen molar-refractivity contribution in [3.8, 4) is 0 Å². The van der Waals surface area contributed by atoms with Crippen molar-refractivity contribution in [3.05, 3.63) is 24.0 Å². The molecule has 1 aromatic rings. The third-order valence-electron chi connectivity index (χ3n) is 2.75. The summed E-state index contributed by atoms with van der Waals surface area (Å²) >= 11 is 0. The first-order valence-electron chi connectivity index (χ1n) is 5.66. The second kappa shape index (κ2) is 4.71. The fraction of sp³-hybridized carbons (Fsp3) is 0.500. The van der Waals surface area contributed by atoms with Gasteiger partial charge in [-0.15, -0.1) is 0 Å². The lowest BCUT2D eigenvalue weighted by molar-refractivity contribution is -0.00522. The van der Waals surface area contributed by atoms with Crippen molar-refractivity contribution < 1.29 is 14.6 Å². The van der Waals surface area contributed by atoms with Crippen molar-refractivity contribution >= 4 is 11.7 Å². The number of rotatable bonds is 2. The zero-order chi connectivity index (χ0) is 12.4. The standard InChI is InChI=1S/C12H16N2O3/c1-8-6-14(7-9(2)17-8)10-3-4-13-11(5-10)12(15)16/h3-5,8-9H,6-7H2,1-2H3,(H,15,16). The number of carbonyl (C=O) groups is 1. The SMILES string of the molecule is CC1CN(c2ccnc(C(=O)O)c2)CC(C)O1. The molecule has 0 saturated carbocycles. The average Bonchev–Trinajstić information content (AvgIpc) is 2.28. The van der Waals surface area contributed by atoms with Gasteiger partial charge in [0.05, 0.1) is 12.2 Å². The largest absolute Gasteiger partial charge is 0.477 e. The number of nitrogens with zero attached hydrogens (tertiary/aromatic N) is 2. The number of carboxylic acid groups (broad SMARTS) is 1. The molecule has 0 radical (unpaired) electrons. The molecule has 0 spiro atoms. The third kappa shape index (κ3) is 2.74. The number of hydrogen-bond acceptors (Lipinski definition) is 4. The van der Waals surface area contributed by atoms with E-state index in [2.05, 4.69) is 9.88 Å². The number of ether oxygens (including phenoxy) is 1. The van der Waals surface area contributed by atoms with Crippen LogP contribution in [0.1, 0.15) is 24.3 Å². The first kappa shape index (κ1) is 11.9. The molecule has 2 heterocycles. The molecule has 92 valence electrons. The lowest BCUT2D eigenvalue weighted by Gasteiger charge is -2.36. The predicted molar refractivity (Wildman–Crippen MR) is 63.4 cm³/mol. The summed E-state index contributed by atoms with van der Waals surface area (Å²) in [5, 5.41) is 8.91. The van der Waals surface area contributed by atoms with Gasteiger partial charge in [0.2, 0.25) is 0 Å². The monoisotopic (exact) mass is 236 g/mol. The summed E-state index contributed by atoms with van der Waals surface area (Å²) < 4.78 is 5.64. The van der Waals surface area contributed by atoms with Gasteiger partial charge in [-0.1, -0.05) is 0 Å². The van der Waals surface area contributed by atoms with Crippen LogP contribution in [0.4, 0.5) is 5.69 Å². The lowest BCUT2D eigenvalue weighted by Crippen LogP contribution is -2.45. The van der Waals surface area contributed by atoms with Crippen LogP contribution in [-0.2, 0) is 4.74 Å². The second-order valence-electron chi connectivity index (χ2n) is 4.37. The van der Waals surface area contributed by atoms with Gasteiger partial charge in [-0.3, -0.25) is 0 Å². The minimum absolute atomic E-state index is 0.0781. The van der Waals surface area contributed by atoms with Crippen molar-refractivity contribution in [2.24, 2.45) is 0 Å². The fourth-order valence-corrected chi connectivity index (χ4v) is 2.12. The highest BCUT2D eigenvalue weighted by atomic mass is 16.5. The minimum atomic E-state index is -0.999. The van der Waals surface area contributed by atoms with Gasteiger partial charge in [0.25, 0.3) is 0 Å². The summed E-state index contributed by atoms with van der Waals surface area (Å²) in [5.41, 5.74) is 0.966. The molecule has 1 aliphatic rings. The Bertz CT molecular complexity index is 412. The maximum Gasteiger partial charge on any atom is 0.354 e. The summed E-state index contributed by atoms with van der Waals surface area (Å²) in [5.74, 6) is -0.999. The van der Waals surface area contributed by atoms with Gasteiger partial charge in [-0.25, -0.2) is 9.78 Å². The number of pyridine rings is 1. The Balaban J connectivity index is 2.21.